The predicted molar refractivity (Wildman–Crippen MR) is 139 cm³/mol. The van der Waals surface area contributed by atoms with Crippen LogP contribution in [0.4, 0.5) is 0 Å². The fraction of sp³-hybridized carbons (Fsp3) is 0.241. The topological polar surface area (TPSA) is 51.1 Å². The van der Waals surface area contributed by atoms with Gasteiger partial charge in [-0.2, -0.15) is 5.10 Å². The number of ether oxygens (including phenoxy) is 2. The summed E-state index contributed by atoms with van der Waals surface area (Å²) < 4.78 is 10.6. The van der Waals surface area contributed by atoms with Gasteiger partial charge < -0.3 is 9.47 Å². The van der Waals surface area contributed by atoms with Crippen LogP contribution in [0.5, 0.6) is 11.5 Å². The lowest BCUT2D eigenvalue weighted by molar-refractivity contribution is 0.0681. The number of carbonyl (C=O) groups is 1. The molecule has 0 saturated heterocycles. The summed E-state index contributed by atoms with van der Waals surface area (Å²) in [5.41, 5.74) is 4.87. The Morgan fingerprint density at radius 3 is 2.20 bits per heavy atom. The second-order valence-electron chi connectivity index (χ2n) is 8.80. The Bertz CT molecular complexity index is 1260. The minimum absolute atomic E-state index is 0.123. The molecule has 178 valence electrons. The van der Waals surface area contributed by atoms with E-state index in [1.807, 2.05) is 48.5 Å². The number of carbonyl (C=O) groups excluding carboxylic acids is 1. The van der Waals surface area contributed by atoms with Crippen molar-refractivity contribution in [3.05, 3.63) is 100 Å². The Labute approximate surface area is 210 Å². The third-order valence-electron chi connectivity index (χ3n) is 6.71. The molecule has 1 saturated carbocycles. The van der Waals surface area contributed by atoms with Crippen LogP contribution in [0, 0.1) is 5.92 Å². The zero-order valence-corrected chi connectivity index (χ0v) is 20.5. The highest BCUT2D eigenvalue weighted by Gasteiger charge is 2.43. The zero-order chi connectivity index (χ0) is 24.4. The number of hydrazone groups is 1. The number of hydrogen-bond acceptors (Lipinski definition) is 4. The quantitative estimate of drug-likeness (QED) is 0.398. The molecule has 5 rings (SSSR count). The molecule has 0 spiro atoms. The lowest BCUT2D eigenvalue weighted by Crippen LogP contribution is -2.31. The van der Waals surface area contributed by atoms with Crippen molar-refractivity contribution in [3.8, 4) is 11.5 Å². The van der Waals surface area contributed by atoms with Gasteiger partial charge in [-0.05, 0) is 90.6 Å². The summed E-state index contributed by atoms with van der Waals surface area (Å²) in [4.78, 5) is 13.7. The molecule has 1 fully saturated rings. The highest BCUT2D eigenvalue weighted by Crippen LogP contribution is 2.45. The molecule has 2 aliphatic rings. The van der Waals surface area contributed by atoms with Crippen LogP contribution in [-0.4, -0.2) is 30.8 Å². The van der Waals surface area contributed by atoms with E-state index in [4.69, 9.17) is 26.2 Å². The first-order valence-electron chi connectivity index (χ1n) is 11.7. The van der Waals surface area contributed by atoms with Crippen LogP contribution in [0.3, 0.4) is 0 Å². The Hall–Kier alpha value is -3.57. The highest BCUT2D eigenvalue weighted by atomic mass is 35.5. The van der Waals surface area contributed by atoms with E-state index in [9.17, 15) is 4.79 Å². The lowest BCUT2D eigenvalue weighted by Gasteiger charge is -2.29. The lowest BCUT2D eigenvalue weighted by atomic mass is 9.77. The summed E-state index contributed by atoms with van der Waals surface area (Å²) in [5, 5.41) is 7.23. The fourth-order valence-electron chi connectivity index (χ4n) is 4.93. The standard InChI is InChI=1S/C29H27ClN2O3/c1-34-24-14-6-19(7-15-24)18-22-4-3-5-26-27(22)31-32(29(33)21-8-12-23(30)13-9-21)28(26)20-10-16-25(35-2)17-11-20/h6-18,26,28H,3-5H2,1-2H3/b22-18-/t26-,28+/m1/s1. The number of benzene rings is 3. The van der Waals surface area contributed by atoms with Gasteiger partial charge in [0, 0.05) is 16.5 Å². The second-order valence-corrected chi connectivity index (χ2v) is 9.24. The summed E-state index contributed by atoms with van der Waals surface area (Å²) in [6.45, 7) is 0. The molecule has 0 N–H and O–H groups in total. The van der Waals surface area contributed by atoms with Crippen molar-refractivity contribution < 1.29 is 14.3 Å². The Balaban J connectivity index is 1.55. The van der Waals surface area contributed by atoms with Crippen molar-refractivity contribution in [2.75, 3.05) is 14.2 Å². The van der Waals surface area contributed by atoms with Gasteiger partial charge in [0.1, 0.15) is 11.5 Å². The van der Waals surface area contributed by atoms with Crippen LogP contribution in [-0.2, 0) is 0 Å². The van der Waals surface area contributed by atoms with E-state index in [0.717, 1.165) is 47.6 Å². The minimum Gasteiger partial charge on any atom is -0.497 e. The van der Waals surface area contributed by atoms with Crippen molar-refractivity contribution in [2.24, 2.45) is 11.0 Å². The van der Waals surface area contributed by atoms with E-state index in [1.165, 1.54) is 5.57 Å². The number of fused-ring (bicyclic) bond motifs is 1. The summed E-state index contributed by atoms with van der Waals surface area (Å²) >= 11 is 6.06. The molecule has 1 amide bonds. The highest BCUT2D eigenvalue weighted by molar-refractivity contribution is 6.30. The number of hydrogen-bond donors (Lipinski definition) is 0. The first-order valence-corrected chi connectivity index (χ1v) is 12.1. The van der Waals surface area contributed by atoms with E-state index in [1.54, 1.807) is 43.5 Å². The molecule has 0 unspecified atom stereocenters. The summed E-state index contributed by atoms with van der Waals surface area (Å²) in [5.74, 6) is 1.60. The molecule has 3 aromatic rings. The summed E-state index contributed by atoms with van der Waals surface area (Å²) in [6, 6.07) is 22.8. The number of amides is 1. The molecule has 3 aromatic carbocycles. The Morgan fingerprint density at radius 1 is 0.943 bits per heavy atom. The van der Waals surface area contributed by atoms with Crippen molar-refractivity contribution in [1.82, 2.24) is 5.01 Å². The van der Waals surface area contributed by atoms with E-state index in [2.05, 4.69) is 6.08 Å². The third kappa shape index (κ3) is 4.69. The van der Waals surface area contributed by atoms with E-state index in [-0.39, 0.29) is 17.9 Å². The third-order valence-corrected chi connectivity index (χ3v) is 6.97. The van der Waals surface area contributed by atoms with Crippen molar-refractivity contribution in [3.63, 3.8) is 0 Å². The van der Waals surface area contributed by atoms with E-state index >= 15 is 0 Å². The average Bonchev–Trinajstić information content (AvgIpc) is 3.30. The average molecular weight is 487 g/mol. The van der Waals surface area contributed by atoms with Crippen molar-refractivity contribution >= 4 is 29.3 Å². The van der Waals surface area contributed by atoms with Gasteiger partial charge in [-0.3, -0.25) is 4.79 Å². The molecular weight excluding hydrogens is 460 g/mol. The second kappa shape index (κ2) is 9.96. The fourth-order valence-corrected chi connectivity index (χ4v) is 5.05. The Morgan fingerprint density at radius 2 is 1.57 bits per heavy atom. The number of methoxy groups -OCH3 is 2. The van der Waals surface area contributed by atoms with Crippen LogP contribution in [0.2, 0.25) is 5.02 Å². The predicted octanol–water partition coefficient (Wildman–Crippen LogP) is 6.79. The molecule has 6 heteroatoms. The maximum atomic E-state index is 13.7. The van der Waals surface area contributed by atoms with Gasteiger partial charge in [0.25, 0.3) is 5.91 Å². The maximum absolute atomic E-state index is 13.7. The van der Waals surface area contributed by atoms with E-state index < -0.39 is 0 Å². The van der Waals surface area contributed by atoms with Gasteiger partial charge in [0.2, 0.25) is 0 Å². The number of rotatable bonds is 5. The number of allylic oxidation sites excluding steroid dienone is 1. The first-order chi connectivity index (χ1) is 17.1. The smallest absolute Gasteiger partial charge is 0.274 e. The van der Waals surface area contributed by atoms with Crippen LogP contribution in [0.15, 0.2) is 83.5 Å². The molecule has 1 aliphatic carbocycles. The molecule has 1 heterocycles. The molecule has 0 aromatic heterocycles. The summed E-state index contributed by atoms with van der Waals surface area (Å²) in [7, 11) is 3.32. The first kappa shape index (κ1) is 23.2. The molecule has 0 bridgehead atoms. The number of nitrogens with zero attached hydrogens (tertiary/aromatic N) is 2. The van der Waals surface area contributed by atoms with Crippen LogP contribution < -0.4 is 9.47 Å². The van der Waals surface area contributed by atoms with Gasteiger partial charge in [-0.25, -0.2) is 5.01 Å². The molecule has 5 nitrogen and oxygen atoms in total. The maximum Gasteiger partial charge on any atom is 0.274 e. The largest absolute Gasteiger partial charge is 0.497 e. The molecule has 35 heavy (non-hydrogen) atoms. The number of halogens is 1. The van der Waals surface area contributed by atoms with Gasteiger partial charge in [0.15, 0.2) is 0 Å². The molecular formula is C29H27ClN2O3. The van der Waals surface area contributed by atoms with Gasteiger partial charge in [0.05, 0.1) is 26.0 Å². The van der Waals surface area contributed by atoms with E-state index in [0.29, 0.717) is 10.6 Å². The normalized spacial score (nSPS) is 20.4. The van der Waals surface area contributed by atoms with Crippen LogP contribution in [0.1, 0.15) is 46.8 Å². The molecule has 0 radical (unpaired) electrons. The molecule has 1 aliphatic heterocycles. The summed E-state index contributed by atoms with van der Waals surface area (Å²) in [6.07, 6.45) is 5.13. The van der Waals surface area contributed by atoms with Gasteiger partial charge >= 0.3 is 0 Å². The van der Waals surface area contributed by atoms with Gasteiger partial charge in [-0.1, -0.05) is 35.9 Å². The van der Waals surface area contributed by atoms with Gasteiger partial charge in [-0.15, -0.1) is 0 Å². The monoisotopic (exact) mass is 486 g/mol. The van der Waals surface area contributed by atoms with Crippen LogP contribution in [0.25, 0.3) is 6.08 Å². The van der Waals surface area contributed by atoms with Crippen molar-refractivity contribution in [1.29, 1.82) is 0 Å². The SMILES string of the molecule is COc1ccc(/C=C2/CCC[C@@H]3C2=NN(C(=O)c2ccc(Cl)cc2)[C@H]3c2ccc(OC)cc2)cc1. The molecule has 2 atom stereocenters. The minimum atomic E-state index is -0.182. The Kier molecular flexibility index (Phi) is 6.60. The van der Waals surface area contributed by atoms with Crippen molar-refractivity contribution in [2.45, 2.75) is 25.3 Å². The zero-order valence-electron chi connectivity index (χ0n) is 19.8. The van der Waals surface area contributed by atoms with Crippen LogP contribution >= 0.6 is 11.6 Å².